The van der Waals surface area contributed by atoms with Crippen LogP contribution in [-0.2, 0) is 27.1 Å². The molecule has 0 bridgehead atoms. The Hall–Kier alpha value is -15.4. The van der Waals surface area contributed by atoms with E-state index in [1.165, 1.54) is 38.6 Å². The minimum absolute atomic E-state index is 0.0924. The average Bonchev–Trinajstić information content (AvgIpc) is 0.848. The van der Waals surface area contributed by atoms with E-state index in [2.05, 4.69) is 476 Å². The van der Waals surface area contributed by atoms with E-state index in [9.17, 15) is 0 Å². The largest absolute Gasteiger partial charge is 0.456 e. The van der Waals surface area contributed by atoms with Gasteiger partial charge in [0.25, 0.3) is 6.71 Å². The molecule has 0 unspecified atom stereocenters. The summed E-state index contributed by atoms with van der Waals surface area (Å²) in [5, 5.41) is 10.7. The number of aromatic nitrogens is 1. The summed E-state index contributed by atoms with van der Waals surface area (Å²) in [7, 11) is 0. The molecule has 25 rings (SSSR count). The van der Waals surface area contributed by atoms with Gasteiger partial charge >= 0.3 is 0 Å². The highest BCUT2D eigenvalue weighted by molar-refractivity contribution is 7.00. The molecule has 0 atom stereocenters. The fourth-order valence-corrected chi connectivity index (χ4v) is 22.3. The number of benzene rings is 18. The zero-order valence-corrected chi connectivity index (χ0v) is 79.6. The molecule has 136 heavy (non-hydrogen) atoms. The van der Waals surface area contributed by atoms with Crippen molar-refractivity contribution < 1.29 is 17.7 Å². The van der Waals surface area contributed by atoms with E-state index in [0.717, 1.165) is 233 Å². The Bertz CT molecular complexity index is 8610. The number of rotatable bonds is 10. The third kappa shape index (κ3) is 13.1. The van der Waals surface area contributed by atoms with Crippen LogP contribution in [0.25, 0.3) is 193 Å². The summed E-state index contributed by atoms with van der Waals surface area (Å²) in [4.78, 5) is 5.51. The Kier molecular flexibility index (Phi) is 18.2. The first kappa shape index (κ1) is 82.5. The van der Waals surface area contributed by atoms with Crippen molar-refractivity contribution >= 4 is 167 Å². The van der Waals surface area contributed by atoms with Gasteiger partial charge in [-0.3, -0.25) is 0 Å². The number of fused-ring (bicyclic) bond motifs is 19. The molecule has 7 nitrogen and oxygen atoms in total. The van der Waals surface area contributed by atoms with Crippen LogP contribution in [0.15, 0.2) is 376 Å². The highest BCUT2D eigenvalue weighted by Gasteiger charge is 2.47. The zero-order chi connectivity index (χ0) is 92.6. The van der Waals surface area contributed by atoms with Gasteiger partial charge in [-0.15, -0.1) is 0 Å². The van der Waals surface area contributed by atoms with E-state index in [0.29, 0.717) is 0 Å². The molecule has 0 saturated heterocycles. The van der Waals surface area contributed by atoms with E-state index < -0.39 is 12.1 Å². The highest BCUT2D eigenvalue weighted by atomic mass is 16.3. The Morgan fingerprint density at radius 1 is 0.206 bits per heavy atom. The standard InChI is InChI=1S/C128H104BN3O4/c1-124(2,3)81-56-52-76(53-57-81)80-54-60-101-106(66-80)132(123-99(89-42-30-50-115-119(89)93-38-21-25-46-111(93)135-115)71-85(128(13,14)15)72-100(123)90-43-31-51-116-120(90)94-39-22-26-47-112(94)136-116)108-74-86(130-103-62-58-82(125(4,5)6)67-95(103)96-68-83(126(7,8)9)59-63-104(96)130)73-107-121(108)129(101)102-65-79(78-35-27-34-77(64-78)75-32-17-16-18-33-75)55-61-105(102)131(107)122-97(87-40-28-48-113-117(87)91-36-19-23-44-109(91)133-113)69-84(127(10,11)12)70-98(122)88-41-29-49-114-118(88)92-37-20-24-45-110(92)134-114/h16-74H,1-15H3. The van der Waals surface area contributed by atoms with Crippen molar-refractivity contribution in [2.45, 2.75) is 131 Å². The first-order valence-corrected chi connectivity index (χ1v) is 48.0. The first-order chi connectivity index (χ1) is 65.6. The molecule has 2 aliphatic rings. The number of anilines is 6. The Morgan fingerprint density at radius 2 is 0.529 bits per heavy atom. The molecule has 23 aromatic rings. The molecule has 0 spiro atoms. The molecule has 0 N–H and O–H groups in total. The van der Waals surface area contributed by atoms with Crippen LogP contribution in [-0.4, -0.2) is 11.3 Å². The highest BCUT2D eigenvalue weighted by Crippen LogP contribution is 2.60. The third-order valence-corrected chi connectivity index (χ3v) is 29.4. The summed E-state index contributed by atoms with van der Waals surface area (Å²) in [5.41, 5.74) is 39.4. The summed E-state index contributed by atoms with van der Waals surface area (Å²) < 4.78 is 31.2. The number of para-hydroxylation sites is 4. The molecule has 7 heterocycles. The van der Waals surface area contributed by atoms with Crippen LogP contribution in [0.4, 0.5) is 34.1 Å². The van der Waals surface area contributed by atoms with E-state index in [4.69, 9.17) is 17.7 Å². The lowest BCUT2D eigenvalue weighted by molar-refractivity contribution is 0.590. The van der Waals surface area contributed by atoms with Crippen LogP contribution >= 0.6 is 0 Å². The fourth-order valence-electron chi connectivity index (χ4n) is 22.3. The summed E-state index contributed by atoms with van der Waals surface area (Å²) >= 11 is 0. The fraction of sp³-hybridized carbons (Fsp3) is 0.156. The predicted molar refractivity (Wildman–Crippen MR) is 575 cm³/mol. The van der Waals surface area contributed by atoms with E-state index in [1.807, 2.05) is 0 Å². The van der Waals surface area contributed by atoms with Crippen LogP contribution < -0.4 is 26.2 Å². The lowest BCUT2D eigenvalue weighted by atomic mass is 9.33. The van der Waals surface area contributed by atoms with Crippen molar-refractivity contribution in [2.24, 2.45) is 0 Å². The predicted octanol–water partition coefficient (Wildman–Crippen LogP) is 34.6. The minimum atomic E-state index is -0.445. The molecular weight excluding hydrogens is 1650 g/mol. The second-order valence-electron chi connectivity index (χ2n) is 43.1. The van der Waals surface area contributed by atoms with E-state index >= 15 is 0 Å². The summed E-state index contributed by atoms with van der Waals surface area (Å²) in [6.07, 6.45) is 0. The van der Waals surface area contributed by atoms with Crippen molar-refractivity contribution in [3.05, 3.63) is 386 Å². The molecule has 0 amide bonds. The van der Waals surface area contributed by atoms with Gasteiger partial charge in [-0.2, -0.15) is 0 Å². The van der Waals surface area contributed by atoms with Gasteiger partial charge in [0.1, 0.15) is 44.7 Å². The van der Waals surface area contributed by atoms with Gasteiger partial charge in [0.2, 0.25) is 0 Å². The van der Waals surface area contributed by atoms with Gasteiger partial charge < -0.3 is 32.0 Å². The van der Waals surface area contributed by atoms with Gasteiger partial charge in [0.05, 0.1) is 28.1 Å². The molecule has 0 saturated carbocycles. The molecule has 658 valence electrons. The van der Waals surface area contributed by atoms with Gasteiger partial charge in [-0.05, 0) is 254 Å². The maximum absolute atomic E-state index is 7.15. The topological polar surface area (TPSA) is 64.0 Å². The maximum atomic E-state index is 7.15. The molecule has 0 fully saturated rings. The SMILES string of the molecule is CC(C)(C)c1ccc(-c2ccc3c(c2)N(c2c(-c4cccc5oc6ccccc6c45)cc(C(C)(C)C)cc2-c2cccc4oc5ccccc5c24)c2cc(-n4c5ccc(C(C)(C)C)cc5c5cc(C(C)(C)C)ccc54)cc4c2B3c2cc(-c3cccc(-c5ccccc5)c3)ccc2N4c2c(-c3cccc4oc5ccccc5c34)cc(C(C)(C)C)cc2-c2cccc3oc4ccccc4c23)cc1. The lowest BCUT2D eigenvalue weighted by Gasteiger charge is -2.46. The monoisotopic (exact) mass is 1760 g/mol. The average molecular weight is 1760 g/mol. The summed E-state index contributed by atoms with van der Waals surface area (Å²) in [6, 6.07) is 136. The molecule has 0 radical (unpaired) electrons. The molecule has 2 aliphatic heterocycles. The quantitative estimate of drug-likeness (QED) is 0.127. The van der Waals surface area contributed by atoms with Crippen LogP contribution in [0, 0.1) is 0 Å². The minimum Gasteiger partial charge on any atom is -0.456 e. The molecule has 0 aliphatic carbocycles. The number of hydrogen-bond acceptors (Lipinski definition) is 6. The molecule has 5 aromatic heterocycles. The van der Waals surface area contributed by atoms with E-state index in [1.54, 1.807) is 0 Å². The smallest absolute Gasteiger partial charge is 0.252 e. The number of hydrogen-bond donors (Lipinski definition) is 0. The first-order valence-electron chi connectivity index (χ1n) is 48.0. The van der Waals surface area contributed by atoms with Gasteiger partial charge in [-0.25, -0.2) is 0 Å². The van der Waals surface area contributed by atoms with Gasteiger partial charge in [0, 0.05) is 98.9 Å². The molecular formula is C128H104BN3O4. The number of nitrogens with zero attached hydrogens (tertiary/aromatic N) is 3. The van der Waals surface area contributed by atoms with Gasteiger partial charge in [0.15, 0.2) is 0 Å². The van der Waals surface area contributed by atoms with Crippen LogP contribution in [0.5, 0.6) is 0 Å². The number of furan rings is 4. The second-order valence-corrected chi connectivity index (χ2v) is 43.1. The molecule has 18 aromatic carbocycles. The summed E-state index contributed by atoms with van der Waals surface area (Å²) in [6.45, 7) is 34.8. The third-order valence-electron chi connectivity index (χ3n) is 29.4. The lowest BCUT2D eigenvalue weighted by Crippen LogP contribution is -2.61. The summed E-state index contributed by atoms with van der Waals surface area (Å²) in [5.74, 6) is 0. The molecule has 8 heteroatoms. The zero-order valence-electron chi connectivity index (χ0n) is 79.6. The Morgan fingerprint density at radius 3 is 0.941 bits per heavy atom. The van der Waals surface area contributed by atoms with Crippen molar-refractivity contribution in [3.63, 3.8) is 0 Å². The van der Waals surface area contributed by atoms with Crippen molar-refractivity contribution in [3.8, 4) is 83.6 Å². The normalized spacial score (nSPS) is 13.2. The van der Waals surface area contributed by atoms with Crippen LogP contribution in [0.1, 0.15) is 132 Å². The van der Waals surface area contributed by atoms with Crippen LogP contribution in [0.3, 0.4) is 0 Å². The Labute approximate surface area is 793 Å². The van der Waals surface area contributed by atoms with Gasteiger partial charge in [-0.1, -0.05) is 334 Å². The van der Waals surface area contributed by atoms with Crippen molar-refractivity contribution in [2.75, 3.05) is 9.80 Å². The second kappa shape index (κ2) is 30.1. The van der Waals surface area contributed by atoms with Crippen molar-refractivity contribution in [1.29, 1.82) is 0 Å². The van der Waals surface area contributed by atoms with E-state index in [-0.39, 0.29) is 21.7 Å². The maximum Gasteiger partial charge on any atom is 0.252 e. The van der Waals surface area contributed by atoms with Crippen molar-refractivity contribution in [1.82, 2.24) is 4.57 Å². The van der Waals surface area contributed by atoms with Crippen LogP contribution in [0.2, 0.25) is 0 Å². The Balaban J connectivity index is 0.921.